The van der Waals surface area contributed by atoms with Gasteiger partial charge in [0.15, 0.2) is 13.2 Å². The zero-order valence-corrected chi connectivity index (χ0v) is 18.5. The first-order valence-electron chi connectivity index (χ1n) is 9.99. The van der Waals surface area contributed by atoms with Crippen LogP contribution in [0.5, 0.6) is 5.75 Å². The Morgan fingerprint density at radius 3 is 2.44 bits per heavy atom. The van der Waals surface area contributed by atoms with Crippen LogP contribution in [-0.4, -0.2) is 64.1 Å². The Kier molecular flexibility index (Phi) is 8.12. The van der Waals surface area contributed by atoms with E-state index in [0.29, 0.717) is 13.2 Å². The summed E-state index contributed by atoms with van der Waals surface area (Å²) in [6.07, 6.45) is -4.56. The highest BCUT2D eigenvalue weighted by Gasteiger charge is 2.30. The van der Waals surface area contributed by atoms with Crippen LogP contribution in [0.15, 0.2) is 53.4 Å². The lowest BCUT2D eigenvalue weighted by Crippen LogP contribution is -2.40. The molecule has 184 valence electrons. The molecular weight excluding hydrogens is 481 g/mol. The third-order valence-electron chi connectivity index (χ3n) is 4.61. The highest BCUT2D eigenvalue weighted by Crippen LogP contribution is 2.31. The van der Waals surface area contributed by atoms with E-state index in [2.05, 4.69) is 5.32 Å². The fourth-order valence-corrected chi connectivity index (χ4v) is 4.41. The third-order valence-corrected chi connectivity index (χ3v) is 6.50. The van der Waals surface area contributed by atoms with Gasteiger partial charge in [0.2, 0.25) is 10.0 Å². The van der Waals surface area contributed by atoms with Crippen molar-refractivity contribution in [1.29, 1.82) is 0 Å². The van der Waals surface area contributed by atoms with Crippen LogP contribution in [0.4, 0.5) is 18.9 Å². The molecule has 0 spiro atoms. The lowest BCUT2D eigenvalue weighted by atomic mass is 10.2. The summed E-state index contributed by atoms with van der Waals surface area (Å²) in [7, 11) is -3.76. The molecule has 0 atom stereocenters. The predicted molar refractivity (Wildman–Crippen MR) is 113 cm³/mol. The number of rotatable bonds is 8. The number of carbonyl (C=O) groups excluding carboxylic acids is 2. The molecule has 0 saturated carbocycles. The lowest BCUT2D eigenvalue weighted by Gasteiger charge is -2.26. The number of halogens is 3. The van der Waals surface area contributed by atoms with Gasteiger partial charge < -0.3 is 19.5 Å². The summed E-state index contributed by atoms with van der Waals surface area (Å²) in [4.78, 5) is 23.8. The van der Waals surface area contributed by atoms with Gasteiger partial charge in [-0.25, -0.2) is 13.2 Å². The van der Waals surface area contributed by atoms with Crippen molar-refractivity contribution in [1.82, 2.24) is 4.31 Å². The van der Waals surface area contributed by atoms with E-state index in [0.717, 1.165) is 18.2 Å². The maximum Gasteiger partial charge on any atom is 0.416 e. The first-order valence-corrected chi connectivity index (χ1v) is 11.4. The minimum absolute atomic E-state index is 0.0151. The zero-order chi connectivity index (χ0) is 24.8. The molecule has 0 aliphatic carbocycles. The molecule has 2 aromatic carbocycles. The second-order valence-corrected chi connectivity index (χ2v) is 9.01. The Morgan fingerprint density at radius 1 is 1.03 bits per heavy atom. The fraction of sp³-hybridized carbons (Fsp3) is 0.333. The van der Waals surface area contributed by atoms with Gasteiger partial charge in [0.1, 0.15) is 5.75 Å². The van der Waals surface area contributed by atoms with Crippen LogP contribution in [0.25, 0.3) is 0 Å². The van der Waals surface area contributed by atoms with Crippen molar-refractivity contribution in [3.8, 4) is 5.75 Å². The van der Waals surface area contributed by atoms with Gasteiger partial charge in [-0.2, -0.15) is 17.5 Å². The summed E-state index contributed by atoms with van der Waals surface area (Å²) in [6.45, 7) is -0.390. The van der Waals surface area contributed by atoms with Gasteiger partial charge in [-0.3, -0.25) is 4.79 Å². The summed E-state index contributed by atoms with van der Waals surface area (Å²) in [5.74, 6) is -1.90. The van der Waals surface area contributed by atoms with E-state index < -0.39 is 46.9 Å². The average Bonchev–Trinajstić information content (AvgIpc) is 2.82. The number of alkyl halides is 3. The average molecular weight is 502 g/mol. The summed E-state index contributed by atoms with van der Waals surface area (Å²) in [5, 5.41) is 2.42. The van der Waals surface area contributed by atoms with E-state index in [-0.39, 0.29) is 29.4 Å². The van der Waals surface area contributed by atoms with Crippen molar-refractivity contribution < 1.29 is 45.4 Å². The summed E-state index contributed by atoms with van der Waals surface area (Å²) in [5.41, 5.74) is -0.758. The number of nitrogens with zero attached hydrogens (tertiary/aromatic N) is 1. The molecule has 1 heterocycles. The second-order valence-electron chi connectivity index (χ2n) is 7.07. The van der Waals surface area contributed by atoms with E-state index in [1.54, 1.807) is 0 Å². The molecular formula is C21H21F3N2O7S. The smallest absolute Gasteiger partial charge is 0.416 e. The number of hydrogen-bond donors (Lipinski definition) is 1. The number of morpholine rings is 1. The molecule has 34 heavy (non-hydrogen) atoms. The monoisotopic (exact) mass is 502 g/mol. The molecule has 1 amide bonds. The van der Waals surface area contributed by atoms with E-state index in [1.165, 1.54) is 34.6 Å². The lowest BCUT2D eigenvalue weighted by molar-refractivity contribution is -0.149. The molecule has 1 fully saturated rings. The maximum absolute atomic E-state index is 12.7. The molecule has 9 nitrogen and oxygen atoms in total. The molecule has 0 radical (unpaired) electrons. The van der Waals surface area contributed by atoms with E-state index >= 15 is 0 Å². The number of esters is 1. The van der Waals surface area contributed by atoms with Crippen LogP contribution in [0.1, 0.15) is 5.56 Å². The maximum atomic E-state index is 12.7. The quantitative estimate of drug-likeness (QED) is 0.552. The minimum Gasteiger partial charge on any atom is -0.482 e. The number of amides is 1. The molecule has 1 saturated heterocycles. The minimum atomic E-state index is -4.56. The largest absolute Gasteiger partial charge is 0.482 e. The number of sulfonamides is 1. The Bertz CT molecular complexity index is 1130. The van der Waals surface area contributed by atoms with E-state index in [4.69, 9.17) is 14.2 Å². The first-order chi connectivity index (χ1) is 16.1. The van der Waals surface area contributed by atoms with E-state index in [9.17, 15) is 31.2 Å². The number of ether oxygens (including phenoxy) is 3. The van der Waals surface area contributed by atoms with Crippen LogP contribution in [-0.2, 0) is 35.3 Å². The fourth-order valence-electron chi connectivity index (χ4n) is 2.96. The van der Waals surface area contributed by atoms with Crippen LogP contribution in [0.3, 0.4) is 0 Å². The van der Waals surface area contributed by atoms with Gasteiger partial charge in [0.05, 0.1) is 23.7 Å². The summed E-state index contributed by atoms with van der Waals surface area (Å²) in [6, 6.07) is 9.56. The normalized spacial score (nSPS) is 14.9. The molecule has 1 aliphatic rings. The van der Waals surface area contributed by atoms with Gasteiger partial charge in [-0.1, -0.05) is 12.1 Å². The molecule has 13 heteroatoms. The number of benzene rings is 2. The number of nitrogens with one attached hydrogen (secondary N) is 1. The zero-order valence-electron chi connectivity index (χ0n) is 17.7. The highest BCUT2D eigenvalue weighted by molar-refractivity contribution is 7.89. The standard InChI is InChI=1S/C21H21F3N2O7S/c22-21(23,24)15-3-1-5-17(11-15)32-14-20(28)33-13-19(27)25-16-4-2-6-18(12-16)34(29,30)26-7-9-31-10-8-26/h1-6,11-12H,7-10,13-14H2,(H,25,27). The van der Waals surface area contributed by atoms with Crippen molar-refractivity contribution in [2.75, 3.05) is 44.8 Å². The topological polar surface area (TPSA) is 111 Å². The van der Waals surface area contributed by atoms with Gasteiger partial charge in [0, 0.05) is 18.8 Å². The van der Waals surface area contributed by atoms with Gasteiger partial charge >= 0.3 is 12.1 Å². The van der Waals surface area contributed by atoms with Crippen LogP contribution >= 0.6 is 0 Å². The Labute approximate surface area is 193 Å². The SMILES string of the molecule is O=C(COC(=O)COc1cccc(C(F)(F)F)c1)Nc1cccc(S(=O)(=O)N2CCOCC2)c1. The molecule has 0 unspecified atom stereocenters. The third kappa shape index (κ3) is 6.92. The molecule has 3 rings (SSSR count). The summed E-state index contributed by atoms with van der Waals surface area (Å²) >= 11 is 0. The molecule has 1 N–H and O–H groups in total. The number of carbonyl (C=O) groups is 2. The predicted octanol–water partition coefficient (Wildman–Crippen LogP) is 2.29. The Hall–Kier alpha value is -3.16. The van der Waals surface area contributed by atoms with Crippen molar-refractivity contribution >= 4 is 27.6 Å². The Balaban J connectivity index is 1.49. The first kappa shape index (κ1) is 25.5. The van der Waals surface area contributed by atoms with E-state index in [1.807, 2.05) is 0 Å². The molecule has 0 bridgehead atoms. The van der Waals surface area contributed by atoms with Crippen LogP contribution < -0.4 is 10.1 Å². The Morgan fingerprint density at radius 2 is 1.74 bits per heavy atom. The second kappa shape index (κ2) is 10.8. The van der Waals surface area contributed by atoms with Crippen LogP contribution in [0.2, 0.25) is 0 Å². The molecule has 1 aliphatic heterocycles. The number of anilines is 1. The van der Waals surface area contributed by atoms with Gasteiger partial charge in [-0.05, 0) is 36.4 Å². The molecule has 2 aromatic rings. The van der Waals surface area contributed by atoms with Gasteiger partial charge in [-0.15, -0.1) is 0 Å². The highest BCUT2D eigenvalue weighted by atomic mass is 32.2. The number of hydrogen-bond acceptors (Lipinski definition) is 7. The van der Waals surface area contributed by atoms with Crippen molar-refractivity contribution in [2.24, 2.45) is 0 Å². The molecule has 0 aromatic heterocycles. The van der Waals surface area contributed by atoms with Crippen LogP contribution in [0, 0.1) is 0 Å². The summed E-state index contributed by atoms with van der Waals surface area (Å²) < 4.78 is 79.7. The van der Waals surface area contributed by atoms with Crippen molar-refractivity contribution in [2.45, 2.75) is 11.1 Å². The van der Waals surface area contributed by atoms with Gasteiger partial charge in [0.25, 0.3) is 5.91 Å². The van der Waals surface area contributed by atoms with Crippen molar-refractivity contribution in [3.63, 3.8) is 0 Å². The van der Waals surface area contributed by atoms with Crippen molar-refractivity contribution in [3.05, 3.63) is 54.1 Å².